The summed E-state index contributed by atoms with van der Waals surface area (Å²) in [5.74, 6) is -0.160. The van der Waals surface area contributed by atoms with Gasteiger partial charge in [-0.1, -0.05) is 71.2 Å². The molecule has 1 heterocycles. The van der Waals surface area contributed by atoms with Crippen molar-refractivity contribution >= 4 is 57.6 Å². The van der Waals surface area contributed by atoms with Gasteiger partial charge in [-0.3, -0.25) is 9.78 Å². The van der Waals surface area contributed by atoms with Crippen molar-refractivity contribution in [2.24, 2.45) is 0 Å². The lowest BCUT2D eigenvalue weighted by Gasteiger charge is -2.14. The minimum Gasteiger partial charge on any atom is -0.289 e. The Morgan fingerprint density at radius 1 is 0.900 bits per heavy atom. The number of rotatable bonds is 4. The molecule has 30 heavy (non-hydrogen) atoms. The summed E-state index contributed by atoms with van der Waals surface area (Å²) in [6, 6.07) is 20.5. The van der Waals surface area contributed by atoms with E-state index in [9.17, 15) is 4.79 Å². The van der Waals surface area contributed by atoms with Gasteiger partial charge in [0.05, 0.1) is 11.1 Å². The minimum atomic E-state index is -0.160. The highest BCUT2D eigenvalue weighted by molar-refractivity contribution is 6.35. The second-order valence-corrected chi connectivity index (χ2v) is 8.12. The van der Waals surface area contributed by atoms with Crippen LogP contribution in [0, 0.1) is 6.92 Å². The number of halogens is 3. The third-order valence-corrected chi connectivity index (χ3v) is 5.61. The largest absolute Gasteiger partial charge is 0.289 e. The molecule has 0 spiro atoms. The van der Waals surface area contributed by atoms with Gasteiger partial charge in [0.15, 0.2) is 5.78 Å². The molecule has 0 aliphatic heterocycles. The van der Waals surface area contributed by atoms with E-state index in [1.807, 2.05) is 49.4 Å². The van der Waals surface area contributed by atoms with Crippen LogP contribution in [0.4, 0.5) is 0 Å². The maximum Gasteiger partial charge on any atom is 0.188 e. The number of hydrogen-bond donors (Lipinski definition) is 0. The fourth-order valence-corrected chi connectivity index (χ4v) is 4.09. The van der Waals surface area contributed by atoms with E-state index in [2.05, 4.69) is 4.98 Å². The summed E-state index contributed by atoms with van der Waals surface area (Å²) in [7, 11) is 0. The highest BCUT2D eigenvalue weighted by Gasteiger charge is 2.19. The first-order valence-corrected chi connectivity index (χ1v) is 10.4. The lowest BCUT2D eigenvalue weighted by molar-refractivity contribution is 0.104. The molecular formula is C25H16Cl3NO. The molecule has 0 atom stereocenters. The van der Waals surface area contributed by atoms with Crippen LogP contribution in [0.15, 0.2) is 72.8 Å². The Morgan fingerprint density at radius 2 is 1.60 bits per heavy atom. The van der Waals surface area contributed by atoms with Crippen LogP contribution in [0.5, 0.6) is 0 Å². The monoisotopic (exact) mass is 451 g/mol. The van der Waals surface area contributed by atoms with Crippen LogP contribution < -0.4 is 0 Å². The number of allylic oxidation sites excluding steroid dienone is 1. The maximum atomic E-state index is 13.3. The summed E-state index contributed by atoms with van der Waals surface area (Å²) < 4.78 is 0. The van der Waals surface area contributed by atoms with Crippen LogP contribution in [-0.2, 0) is 0 Å². The lowest BCUT2D eigenvalue weighted by Crippen LogP contribution is -2.05. The molecule has 4 aromatic rings. The Labute approximate surface area is 189 Å². The smallest absolute Gasteiger partial charge is 0.188 e. The van der Waals surface area contributed by atoms with Crippen LogP contribution in [0.25, 0.3) is 28.1 Å². The van der Waals surface area contributed by atoms with Crippen LogP contribution in [0.1, 0.15) is 21.6 Å². The molecule has 0 saturated heterocycles. The summed E-state index contributed by atoms with van der Waals surface area (Å²) >= 11 is 18.5. The predicted molar refractivity (Wildman–Crippen MR) is 127 cm³/mol. The molecule has 0 saturated carbocycles. The Bertz CT molecular complexity index is 1300. The van der Waals surface area contributed by atoms with E-state index in [4.69, 9.17) is 34.8 Å². The molecule has 5 heteroatoms. The zero-order chi connectivity index (χ0) is 21.3. The topological polar surface area (TPSA) is 30.0 Å². The molecule has 0 bridgehead atoms. The van der Waals surface area contributed by atoms with Gasteiger partial charge in [0, 0.05) is 31.7 Å². The first-order valence-electron chi connectivity index (χ1n) is 9.27. The average molecular weight is 453 g/mol. The molecule has 0 radical (unpaired) electrons. The number of ketones is 1. The van der Waals surface area contributed by atoms with Crippen molar-refractivity contribution in [1.29, 1.82) is 0 Å². The normalized spacial score (nSPS) is 11.3. The minimum absolute atomic E-state index is 0.160. The lowest BCUT2D eigenvalue weighted by atomic mass is 9.92. The second-order valence-electron chi connectivity index (χ2n) is 6.84. The molecule has 0 fully saturated rings. The van der Waals surface area contributed by atoms with Gasteiger partial charge in [0.2, 0.25) is 0 Å². The van der Waals surface area contributed by atoms with Crippen molar-refractivity contribution in [3.05, 3.63) is 105 Å². The predicted octanol–water partition coefficient (Wildman–Crippen LogP) is 8.07. The van der Waals surface area contributed by atoms with E-state index in [0.29, 0.717) is 31.9 Å². The summed E-state index contributed by atoms with van der Waals surface area (Å²) in [6.45, 7) is 1.84. The Hall–Kier alpha value is -2.65. The van der Waals surface area contributed by atoms with Crippen molar-refractivity contribution in [1.82, 2.24) is 4.98 Å². The zero-order valence-corrected chi connectivity index (χ0v) is 18.3. The third-order valence-electron chi connectivity index (χ3n) is 4.81. The Kier molecular flexibility index (Phi) is 5.92. The van der Waals surface area contributed by atoms with Crippen molar-refractivity contribution in [3.8, 4) is 11.1 Å². The van der Waals surface area contributed by atoms with Gasteiger partial charge >= 0.3 is 0 Å². The second kappa shape index (κ2) is 8.61. The number of hydrogen-bond acceptors (Lipinski definition) is 2. The standard InChI is InChI=1S/C25H16Cl3NO/c1-15-24(23(30)12-8-16-7-9-19(27)14-21(16)28)25(17-5-3-2-4-6-17)20-13-18(26)10-11-22(20)29-15/h2-14H,1H3/b12-8+. The fourth-order valence-electron chi connectivity index (χ4n) is 3.45. The molecule has 0 amide bonds. The number of benzene rings is 3. The van der Waals surface area contributed by atoms with Gasteiger partial charge in [0.1, 0.15) is 0 Å². The maximum absolute atomic E-state index is 13.3. The molecular weight excluding hydrogens is 437 g/mol. The van der Waals surface area contributed by atoms with E-state index >= 15 is 0 Å². The van der Waals surface area contributed by atoms with Crippen molar-refractivity contribution < 1.29 is 4.79 Å². The number of pyridine rings is 1. The number of nitrogens with zero attached hydrogens (tertiary/aromatic N) is 1. The van der Waals surface area contributed by atoms with Crippen molar-refractivity contribution in [3.63, 3.8) is 0 Å². The van der Waals surface area contributed by atoms with Gasteiger partial charge < -0.3 is 0 Å². The Morgan fingerprint density at radius 3 is 2.33 bits per heavy atom. The Balaban J connectivity index is 1.90. The van der Waals surface area contributed by atoms with Crippen molar-refractivity contribution in [2.75, 3.05) is 0 Å². The fraction of sp³-hybridized carbons (Fsp3) is 0.0400. The van der Waals surface area contributed by atoms with Crippen molar-refractivity contribution in [2.45, 2.75) is 6.92 Å². The third kappa shape index (κ3) is 4.13. The summed E-state index contributed by atoms with van der Waals surface area (Å²) in [6.07, 6.45) is 3.21. The van der Waals surface area contributed by atoms with Crippen LogP contribution in [0.2, 0.25) is 15.1 Å². The van der Waals surface area contributed by atoms with Gasteiger partial charge in [0.25, 0.3) is 0 Å². The number of aromatic nitrogens is 1. The van der Waals surface area contributed by atoms with E-state index < -0.39 is 0 Å². The summed E-state index contributed by atoms with van der Waals surface area (Å²) in [4.78, 5) is 18.0. The van der Waals surface area contributed by atoms with E-state index in [1.54, 1.807) is 30.3 Å². The number of carbonyl (C=O) groups excluding carboxylic acids is 1. The quantitative estimate of drug-likeness (QED) is 0.231. The summed E-state index contributed by atoms with van der Waals surface area (Å²) in [5, 5.41) is 2.45. The number of fused-ring (bicyclic) bond motifs is 1. The average Bonchev–Trinajstić information content (AvgIpc) is 2.73. The van der Waals surface area contributed by atoms with E-state index in [1.165, 1.54) is 6.08 Å². The number of aryl methyl sites for hydroxylation is 1. The SMILES string of the molecule is Cc1nc2ccc(Cl)cc2c(-c2ccccc2)c1C(=O)/C=C/c1ccc(Cl)cc1Cl. The molecule has 0 unspecified atom stereocenters. The van der Waals surface area contributed by atoms with Gasteiger partial charge in [-0.15, -0.1) is 0 Å². The molecule has 1 aromatic heterocycles. The molecule has 4 rings (SSSR count). The first kappa shape index (κ1) is 20.6. The van der Waals surface area contributed by atoms with Crippen LogP contribution >= 0.6 is 34.8 Å². The van der Waals surface area contributed by atoms with Gasteiger partial charge in [-0.25, -0.2) is 0 Å². The molecule has 0 N–H and O–H groups in total. The zero-order valence-electron chi connectivity index (χ0n) is 16.0. The van der Waals surface area contributed by atoms with E-state index in [-0.39, 0.29) is 5.78 Å². The molecule has 148 valence electrons. The molecule has 2 nitrogen and oxygen atoms in total. The molecule has 0 aliphatic carbocycles. The number of carbonyl (C=O) groups is 1. The van der Waals surface area contributed by atoms with Gasteiger partial charge in [-0.05, 0) is 60.5 Å². The molecule has 0 aliphatic rings. The van der Waals surface area contributed by atoms with E-state index in [0.717, 1.165) is 22.0 Å². The van der Waals surface area contributed by atoms with Crippen LogP contribution in [0.3, 0.4) is 0 Å². The highest BCUT2D eigenvalue weighted by Crippen LogP contribution is 2.35. The summed E-state index contributed by atoms with van der Waals surface area (Å²) in [5.41, 5.74) is 4.44. The van der Waals surface area contributed by atoms with Gasteiger partial charge in [-0.2, -0.15) is 0 Å². The highest BCUT2D eigenvalue weighted by atomic mass is 35.5. The van der Waals surface area contributed by atoms with Crippen LogP contribution in [-0.4, -0.2) is 10.8 Å². The molecule has 3 aromatic carbocycles. The first-order chi connectivity index (χ1) is 14.4.